The van der Waals surface area contributed by atoms with Crippen LogP contribution < -0.4 is 21.7 Å². The van der Waals surface area contributed by atoms with E-state index in [2.05, 4.69) is 10.3 Å². The zero-order valence-electron chi connectivity index (χ0n) is 20.8. The highest BCUT2D eigenvalue weighted by molar-refractivity contribution is 6.07. The molecular formula is C27H28FN7O3. The first-order chi connectivity index (χ1) is 18.2. The van der Waals surface area contributed by atoms with Gasteiger partial charge in [0.05, 0.1) is 30.5 Å². The number of anilines is 2. The summed E-state index contributed by atoms with van der Waals surface area (Å²) in [6, 6.07) is 18.2. The molecular weight excluding hydrogens is 489 g/mol. The number of nitrogens with one attached hydrogen (secondary N) is 1. The van der Waals surface area contributed by atoms with Crippen LogP contribution in [-0.4, -0.2) is 39.0 Å². The van der Waals surface area contributed by atoms with E-state index in [0.717, 1.165) is 22.6 Å². The fraction of sp³-hybridized carbons (Fsp3) is 0.185. The van der Waals surface area contributed by atoms with E-state index in [1.807, 2.05) is 35.9 Å². The van der Waals surface area contributed by atoms with Crippen molar-refractivity contribution in [2.24, 2.45) is 23.5 Å². The zero-order valence-corrected chi connectivity index (χ0v) is 20.8. The molecule has 0 bridgehead atoms. The normalized spacial score (nSPS) is 10.8. The Labute approximate surface area is 218 Å². The molecule has 0 fully saturated rings. The first kappa shape index (κ1) is 26.1. The van der Waals surface area contributed by atoms with Crippen molar-refractivity contribution in [3.63, 3.8) is 0 Å². The van der Waals surface area contributed by atoms with Crippen LogP contribution in [0.1, 0.15) is 28.2 Å². The number of aliphatic imine (C=N–C) groups is 1. The molecule has 1 amide bonds. The van der Waals surface area contributed by atoms with Crippen molar-refractivity contribution in [2.75, 3.05) is 16.8 Å². The Morgan fingerprint density at radius 2 is 1.79 bits per heavy atom. The van der Waals surface area contributed by atoms with Crippen LogP contribution in [0.3, 0.4) is 0 Å². The SMILES string of the molecule is Cn1c(CNc2ccc(CN=C(N)N)cc2)nc2cc(C(=O)N(CCC(=O)O)c3ccc(F)cc3)ccc21. The number of amides is 1. The van der Waals surface area contributed by atoms with E-state index in [1.165, 1.54) is 29.2 Å². The van der Waals surface area contributed by atoms with E-state index in [-0.39, 0.29) is 18.9 Å². The maximum absolute atomic E-state index is 13.4. The van der Waals surface area contributed by atoms with Crippen LogP contribution >= 0.6 is 0 Å². The predicted molar refractivity (Wildman–Crippen MR) is 144 cm³/mol. The number of rotatable bonds is 10. The number of aromatic nitrogens is 2. The number of carboxylic acid groups (broad SMARTS) is 1. The number of nitrogens with zero attached hydrogens (tertiary/aromatic N) is 4. The van der Waals surface area contributed by atoms with Gasteiger partial charge in [-0.25, -0.2) is 14.4 Å². The Kier molecular flexibility index (Phi) is 7.86. The lowest BCUT2D eigenvalue weighted by molar-refractivity contribution is -0.136. The summed E-state index contributed by atoms with van der Waals surface area (Å²) in [6.07, 6.45) is -0.250. The summed E-state index contributed by atoms with van der Waals surface area (Å²) in [7, 11) is 1.89. The minimum atomic E-state index is -1.04. The van der Waals surface area contributed by atoms with Crippen molar-refractivity contribution >= 4 is 40.2 Å². The summed E-state index contributed by atoms with van der Waals surface area (Å²) in [5.41, 5.74) is 14.8. The van der Waals surface area contributed by atoms with Crippen molar-refractivity contribution in [2.45, 2.75) is 19.5 Å². The van der Waals surface area contributed by atoms with Crippen molar-refractivity contribution in [1.29, 1.82) is 0 Å². The molecule has 0 atom stereocenters. The van der Waals surface area contributed by atoms with Crippen LogP contribution in [0, 0.1) is 5.82 Å². The number of hydrogen-bond donors (Lipinski definition) is 4. The fourth-order valence-electron chi connectivity index (χ4n) is 3.96. The van der Waals surface area contributed by atoms with Gasteiger partial charge in [-0.2, -0.15) is 0 Å². The van der Waals surface area contributed by atoms with Gasteiger partial charge in [0.25, 0.3) is 5.91 Å². The predicted octanol–water partition coefficient (Wildman–Crippen LogP) is 3.22. The highest BCUT2D eigenvalue weighted by atomic mass is 19.1. The largest absolute Gasteiger partial charge is 0.481 e. The van der Waals surface area contributed by atoms with Crippen molar-refractivity contribution < 1.29 is 19.1 Å². The first-order valence-electron chi connectivity index (χ1n) is 11.8. The smallest absolute Gasteiger partial charge is 0.305 e. The molecule has 0 aliphatic carbocycles. The molecule has 38 heavy (non-hydrogen) atoms. The highest BCUT2D eigenvalue weighted by Gasteiger charge is 2.20. The van der Waals surface area contributed by atoms with E-state index in [4.69, 9.17) is 21.6 Å². The van der Waals surface area contributed by atoms with Gasteiger partial charge < -0.3 is 31.4 Å². The summed E-state index contributed by atoms with van der Waals surface area (Å²) in [4.78, 5) is 34.6. The molecule has 4 rings (SSSR count). The molecule has 10 nitrogen and oxygen atoms in total. The summed E-state index contributed by atoms with van der Waals surface area (Å²) >= 11 is 0. The van der Waals surface area contributed by atoms with Gasteiger partial charge in [0.15, 0.2) is 5.96 Å². The number of aliphatic carboxylic acids is 1. The number of guanidine groups is 1. The summed E-state index contributed by atoms with van der Waals surface area (Å²) < 4.78 is 15.4. The first-order valence-corrected chi connectivity index (χ1v) is 11.8. The van der Waals surface area contributed by atoms with Crippen molar-refractivity contribution in [3.05, 3.63) is 89.5 Å². The second-order valence-electron chi connectivity index (χ2n) is 8.66. The lowest BCUT2D eigenvalue weighted by atomic mass is 10.1. The molecule has 0 saturated heterocycles. The van der Waals surface area contributed by atoms with E-state index in [1.54, 1.807) is 18.2 Å². The molecule has 0 unspecified atom stereocenters. The van der Waals surface area contributed by atoms with Crippen LogP contribution in [0.4, 0.5) is 15.8 Å². The van der Waals surface area contributed by atoms with Crippen LogP contribution in [-0.2, 0) is 24.9 Å². The third-order valence-corrected chi connectivity index (χ3v) is 6.00. The number of fused-ring (bicyclic) bond motifs is 1. The molecule has 196 valence electrons. The molecule has 1 aromatic heterocycles. The van der Waals surface area contributed by atoms with Gasteiger partial charge in [0.2, 0.25) is 0 Å². The number of imidazole rings is 1. The quantitative estimate of drug-likeness (QED) is 0.186. The Balaban J connectivity index is 1.52. The van der Waals surface area contributed by atoms with Crippen LogP contribution in [0.15, 0.2) is 71.7 Å². The standard InChI is InChI=1S/C27H28FN7O3/c1-34-23-11-4-18(26(38)35(13-12-25(36)37)21-9-5-19(28)6-10-21)14-22(23)33-24(34)16-31-20-7-2-17(3-8-20)15-32-27(29)30/h2-11,14,31H,12-13,15-16H2,1H3,(H,36,37)(H4,29,30,32). The Morgan fingerprint density at radius 1 is 1.08 bits per heavy atom. The number of hydrogen-bond acceptors (Lipinski definition) is 5. The van der Waals surface area contributed by atoms with Crippen molar-refractivity contribution in [3.8, 4) is 0 Å². The maximum Gasteiger partial charge on any atom is 0.305 e. The van der Waals surface area contributed by atoms with Crippen LogP contribution in [0.25, 0.3) is 11.0 Å². The van der Waals surface area contributed by atoms with Gasteiger partial charge in [-0.3, -0.25) is 9.59 Å². The lowest BCUT2D eigenvalue weighted by Crippen LogP contribution is -2.33. The monoisotopic (exact) mass is 517 g/mol. The van der Waals surface area contributed by atoms with E-state index >= 15 is 0 Å². The lowest BCUT2D eigenvalue weighted by Gasteiger charge is -2.22. The maximum atomic E-state index is 13.4. The number of aryl methyl sites for hydroxylation is 1. The van der Waals surface area contributed by atoms with Gasteiger partial charge in [0.1, 0.15) is 11.6 Å². The molecule has 1 heterocycles. The van der Waals surface area contributed by atoms with Gasteiger partial charge in [0, 0.05) is 30.5 Å². The summed E-state index contributed by atoms with van der Waals surface area (Å²) in [5.74, 6) is -1.08. The third-order valence-electron chi connectivity index (χ3n) is 6.00. The van der Waals surface area contributed by atoms with E-state index in [0.29, 0.717) is 29.9 Å². The second kappa shape index (κ2) is 11.4. The Hall–Kier alpha value is -4.93. The zero-order chi connectivity index (χ0) is 27.2. The average molecular weight is 518 g/mol. The summed E-state index contributed by atoms with van der Waals surface area (Å²) in [5, 5.41) is 12.5. The molecule has 3 aromatic carbocycles. The minimum absolute atomic E-state index is 0.0438. The number of halogens is 1. The second-order valence-corrected chi connectivity index (χ2v) is 8.66. The molecule has 0 saturated carbocycles. The number of carboxylic acids is 1. The van der Waals surface area contributed by atoms with E-state index in [9.17, 15) is 14.0 Å². The fourth-order valence-corrected chi connectivity index (χ4v) is 3.96. The summed E-state index contributed by atoms with van der Waals surface area (Å²) in [6.45, 7) is 0.797. The molecule has 0 aliphatic heterocycles. The Bertz CT molecular complexity index is 1480. The van der Waals surface area contributed by atoms with Gasteiger partial charge in [-0.1, -0.05) is 12.1 Å². The van der Waals surface area contributed by atoms with Crippen LogP contribution in [0.5, 0.6) is 0 Å². The molecule has 6 N–H and O–H groups in total. The van der Waals surface area contributed by atoms with Gasteiger partial charge >= 0.3 is 5.97 Å². The van der Waals surface area contributed by atoms with Crippen LogP contribution in [0.2, 0.25) is 0 Å². The molecule has 0 spiro atoms. The molecule has 4 aromatic rings. The molecule has 0 aliphatic rings. The average Bonchev–Trinajstić information content (AvgIpc) is 3.22. The van der Waals surface area contributed by atoms with Crippen molar-refractivity contribution in [1.82, 2.24) is 9.55 Å². The van der Waals surface area contributed by atoms with Gasteiger partial charge in [-0.05, 0) is 60.2 Å². The van der Waals surface area contributed by atoms with Gasteiger partial charge in [-0.15, -0.1) is 0 Å². The van der Waals surface area contributed by atoms with E-state index < -0.39 is 17.7 Å². The number of benzene rings is 3. The number of nitrogens with two attached hydrogens (primary N) is 2. The number of carbonyl (C=O) groups is 2. The minimum Gasteiger partial charge on any atom is -0.481 e. The Morgan fingerprint density at radius 3 is 2.45 bits per heavy atom. The molecule has 0 radical (unpaired) electrons. The highest BCUT2D eigenvalue weighted by Crippen LogP contribution is 2.22. The molecule has 11 heteroatoms. The number of carbonyl (C=O) groups excluding carboxylic acids is 1. The third kappa shape index (κ3) is 6.25. The topological polar surface area (TPSA) is 152 Å².